The molecule has 0 bridgehead atoms. The first-order chi connectivity index (χ1) is 10.1. The third-order valence-corrected chi connectivity index (χ3v) is 2.94. The molecule has 112 valence electrons. The van der Waals surface area contributed by atoms with Crippen molar-refractivity contribution < 1.29 is 18.3 Å². The van der Waals surface area contributed by atoms with E-state index in [1.165, 1.54) is 18.2 Å². The summed E-state index contributed by atoms with van der Waals surface area (Å²) in [6.45, 7) is 2.30. The van der Waals surface area contributed by atoms with E-state index in [0.717, 1.165) is 0 Å². The molecule has 21 heavy (non-hydrogen) atoms. The molecular weight excluding hydrogens is 276 g/mol. The van der Waals surface area contributed by atoms with Gasteiger partial charge in [-0.05, 0) is 31.2 Å². The minimum Gasteiger partial charge on any atom is -0.490 e. The number of halogens is 2. The van der Waals surface area contributed by atoms with Gasteiger partial charge in [0.1, 0.15) is 18.2 Å². The Morgan fingerprint density at radius 1 is 0.952 bits per heavy atom. The van der Waals surface area contributed by atoms with E-state index in [0.29, 0.717) is 18.1 Å². The topological polar surface area (TPSA) is 44.5 Å². The summed E-state index contributed by atoms with van der Waals surface area (Å²) in [5.74, 6) is -0.291. The highest BCUT2D eigenvalue weighted by Crippen LogP contribution is 2.28. The molecule has 0 aliphatic rings. The van der Waals surface area contributed by atoms with E-state index in [1.807, 2.05) is 13.0 Å². The number of ether oxygens (including phenoxy) is 2. The zero-order valence-electron chi connectivity index (χ0n) is 11.7. The third kappa shape index (κ3) is 3.70. The zero-order valence-corrected chi connectivity index (χ0v) is 11.7. The molecule has 2 aromatic rings. The lowest BCUT2D eigenvalue weighted by Crippen LogP contribution is -2.21. The predicted octanol–water partition coefficient (Wildman–Crippen LogP) is 3.44. The highest BCUT2D eigenvalue weighted by atomic mass is 19.1. The third-order valence-electron chi connectivity index (χ3n) is 2.94. The lowest BCUT2D eigenvalue weighted by atomic mass is 10.1. The summed E-state index contributed by atoms with van der Waals surface area (Å²) in [6, 6.07) is 9.82. The Hall–Kier alpha value is -2.14. The minimum atomic E-state index is -0.902. The second kappa shape index (κ2) is 7.04. The highest BCUT2D eigenvalue weighted by molar-refractivity contribution is 5.39. The van der Waals surface area contributed by atoms with Crippen LogP contribution in [0.1, 0.15) is 18.5 Å². The number of hydrogen-bond donors (Lipinski definition) is 1. The molecule has 0 amide bonds. The van der Waals surface area contributed by atoms with E-state index in [-0.39, 0.29) is 12.2 Å². The van der Waals surface area contributed by atoms with Crippen LogP contribution >= 0.6 is 0 Å². The van der Waals surface area contributed by atoms with Crippen LogP contribution in [-0.4, -0.2) is 13.2 Å². The standard InChI is InChI=1S/C16H17F2NO2/c1-2-20-14-8-3-4-9-15(14)21-10-13(19)16-11(17)6-5-7-12(16)18/h3-9,13H,2,10,19H2,1H3. The molecule has 2 N–H and O–H groups in total. The monoisotopic (exact) mass is 293 g/mol. The number of para-hydroxylation sites is 2. The highest BCUT2D eigenvalue weighted by Gasteiger charge is 2.17. The summed E-state index contributed by atoms with van der Waals surface area (Å²) < 4.78 is 38.2. The van der Waals surface area contributed by atoms with Crippen LogP contribution in [0.2, 0.25) is 0 Å². The van der Waals surface area contributed by atoms with Crippen LogP contribution in [0.15, 0.2) is 42.5 Å². The molecular formula is C16H17F2NO2. The smallest absolute Gasteiger partial charge is 0.161 e. The first-order valence-corrected chi connectivity index (χ1v) is 6.67. The Balaban J connectivity index is 2.09. The second-order valence-corrected chi connectivity index (χ2v) is 4.43. The molecule has 2 aromatic carbocycles. The molecule has 0 saturated heterocycles. The molecule has 0 radical (unpaired) electrons. The Labute approximate surface area is 122 Å². The van der Waals surface area contributed by atoms with Crippen molar-refractivity contribution in [2.75, 3.05) is 13.2 Å². The average molecular weight is 293 g/mol. The second-order valence-electron chi connectivity index (χ2n) is 4.43. The first-order valence-electron chi connectivity index (χ1n) is 6.67. The van der Waals surface area contributed by atoms with Gasteiger partial charge in [-0.15, -0.1) is 0 Å². The quantitative estimate of drug-likeness (QED) is 0.887. The molecule has 3 nitrogen and oxygen atoms in total. The van der Waals surface area contributed by atoms with Crippen molar-refractivity contribution in [3.8, 4) is 11.5 Å². The molecule has 5 heteroatoms. The molecule has 0 aliphatic carbocycles. The summed E-state index contributed by atoms with van der Waals surface area (Å²) in [5.41, 5.74) is 5.65. The summed E-state index contributed by atoms with van der Waals surface area (Å²) in [7, 11) is 0. The Morgan fingerprint density at radius 2 is 1.52 bits per heavy atom. The molecule has 0 aliphatic heterocycles. The van der Waals surface area contributed by atoms with Crippen LogP contribution < -0.4 is 15.2 Å². The van der Waals surface area contributed by atoms with Crippen molar-refractivity contribution in [1.82, 2.24) is 0 Å². The maximum Gasteiger partial charge on any atom is 0.161 e. The van der Waals surface area contributed by atoms with E-state index in [9.17, 15) is 8.78 Å². The fourth-order valence-corrected chi connectivity index (χ4v) is 1.97. The fourth-order valence-electron chi connectivity index (χ4n) is 1.97. The minimum absolute atomic E-state index is 0.0536. The van der Waals surface area contributed by atoms with Gasteiger partial charge >= 0.3 is 0 Å². The van der Waals surface area contributed by atoms with Gasteiger partial charge in [-0.1, -0.05) is 18.2 Å². The van der Waals surface area contributed by atoms with Gasteiger partial charge in [-0.3, -0.25) is 0 Å². The van der Waals surface area contributed by atoms with Crippen LogP contribution in [0.25, 0.3) is 0 Å². The number of nitrogens with two attached hydrogens (primary N) is 1. The lowest BCUT2D eigenvalue weighted by molar-refractivity contribution is 0.258. The zero-order chi connectivity index (χ0) is 15.2. The number of hydrogen-bond acceptors (Lipinski definition) is 3. The van der Waals surface area contributed by atoms with E-state index in [1.54, 1.807) is 18.2 Å². The lowest BCUT2D eigenvalue weighted by Gasteiger charge is -2.16. The van der Waals surface area contributed by atoms with Gasteiger partial charge in [0.25, 0.3) is 0 Å². The van der Waals surface area contributed by atoms with Crippen molar-refractivity contribution in [2.45, 2.75) is 13.0 Å². The van der Waals surface area contributed by atoms with Gasteiger partial charge in [0.15, 0.2) is 11.5 Å². The number of benzene rings is 2. The molecule has 1 unspecified atom stereocenters. The Bertz CT molecular complexity index is 584. The van der Waals surface area contributed by atoms with Crippen LogP contribution in [0, 0.1) is 11.6 Å². The van der Waals surface area contributed by atoms with Gasteiger partial charge in [-0.25, -0.2) is 8.78 Å². The molecule has 0 saturated carbocycles. The molecule has 0 spiro atoms. The summed E-state index contributed by atoms with van der Waals surface area (Å²) in [5, 5.41) is 0. The van der Waals surface area contributed by atoms with E-state index in [2.05, 4.69) is 0 Å². The molecule has 0 fully saturated rings. The first kappa shape index (κ1) is 15.3. The van der Waals surface area contributed by atoms with Crippen molar-refractivity contribution in [3.05, 3.63) is 59.7 Å². The van der Waals surface area contributed by atoms with Crippen molar-refractivity contribution in [3.63, 3.8) is 0 Å². The van der Waals surface area contributed by atoms with Gasteiger partial charge in [-0.2, -0.15) is 0 Å². The average Bonchev–Trinajstić information content (AvgIpc) is 2.46. The molecule has 0 aromatic heterocycles. The maximum absolute atomic E-state index is 13.6. The predicted molar refractivity (Wildman–Crippen MR) is 76.4 cm³/mol. The Morgan fingerprint density at radius 3 is 2.10 bits per heavy atom. The fraction of sp³-hybridized carbons (Fsp3) is 0.250. The van der Waals surface area contributed by atoms with Gasteiger partial charge in [0.2, 0.25) is 0 Å². The summed E-state index contributed by atoms with van der Waals surface area (Å²) in [6.07, 6.45) is 0. The van der Waals surface area contributed by atoms with Gasteiger partial charge < -0.3 is 15.2 Å². The maximum atomic E-state index is 13.6. The van der Waals surface area contributed by atoms with E-state index < -0.39 is 17.7 Å². The van der Waals surface area contributed by atoms with Crippen LogP contribution in [0.3, 0.4) is 0 Å². The summed E-state index contributed by atoms with van der Waals surface area (Å²) >= 11 is 0. The summed E-state index contributed by atoms with van der Waals surface area (Å²) in [4.78, 5) is 0. The van der Waals surface area contributed by atoms with Gasteiger partial charge in [0, 0.05) is 5.56 Å². The van der Waals surface area contributed by atoms with Crippen LogP contribution in [0.4, 0.5) is 8.78 Å². The van der Waals surface area contributed by atoms with Crippen molar-refractivity contribution >= 4 is 0 Å². The molecule has 0 heterocycles. The van der Waals surface area contributed by atoms with Crippen LogP contribution in [-0.2, 0) is 0 Å². The van der Waals surface area contributed by atoms with E-state index >= 15 is 0 Å². The van der Waals surface area contributed by atoms with E-state index in [4.69, 9.17) is 15.2 Å². The van der Waals surface area contributed by atoms with Crippen LogP contribution in [0.5, 0.6) is 11.5 Å². The molecule has 2 rings (SSSR count). The number of rotatable bonds is 6. The SMILES string of the molecule is CCOc1ccccc1OCC(N)c1c(F)cccc1F. The largest absolute Gasteiger partial charge is 0.490 e. The normalized spacial score (nSPS) is 12.0. The Kier molecular flexibility index (Phi) is 5.11. The van der Waals surface area contributed by atoms with Crippen molar-refractivity contribution in [1.29, 1.82) is 0 Å². The van der Waals surface area contributed by atoms with Crippen molar-refractivity contribution in [2.24, 2.45) is 5.73 Å². The molecule has 1 atom stereocenters. The van der Waals surface area contributed by atoms with Gasteiger partial charge in [0.05, 0.1) is 12.6 Å².